The maximum Gasteiger partial charge on any atom is 0.243 e. The second-order valence-corrected chi connectivity index (χ2v) is 3.12. The Kier molecular flexibility index (Phi) is 3.82. The van der Waals surface area contributed by atoms with Crippen molar-refractivity contribution in [2.75, 3.05) is 11.9 Å². The molecule has 0 heterocycles. The molecule has 0 aromatic heterocycles. The van der Waals surface area contributed by atoms with Crippen LogP contribution in [0.1, 0.15) is 6.92 Å². The molecule has 3 N–H and O–H groups in total. The molecule has 2 amide bonds. The molecule has 5 nitrogen and oxygen atoms in total. The molecule has 0 saturated heterocycles. The lowest BCUT2D eigenvalue weighted by Crippen LogP contribution is -2.31. The summed E-state index contributed by atoms with van der Waals surface area (Å²) in [6, 6.07) is 3.47. The molecule has 0 spiro atoms. The summed E-state index contributed by atoms with van der Waals surface area (Å²) in [6.07, 6.45) is 0. The minimum atomic E-state index is -0.822. The van der Waals surface area contributed by atoms with Gasteiger partial charge in [0.1, 0.15) is 0 Å². The molecule has 0 bridgehead atoms. The molecule has 0 radical (unpaired) electrons. The number of carbonyl (C=O) groups is 2. The van der Waals surface area contributed by atoms with Gasteiger partial charge in [-0.05, 0) is 12.1 Å². The Hall–Kier alpha value is -2.11. The van der Waals surface area contributed by atoms with Crippen LogP contribution in [0.15, 0.2) is 18.2 Å². The summed E-state index contributed by atoms with van der Waals surface area (Å²) in [5, 5.41) is 13.6. The molecule has 16 heavy (non-hydrogen) atoms. The quantitative estimate of drug-likeness (QED) is 0.660. The van der Waals surface area contributed by atoms with Gasteiger partial charge < -0.3 is 15.7 Å². The van der Waals surface area contributed by atoms with Crippen LogP contribution in [0.4, 0.5) is 10.1 Å². The van der Waals surface area contributed by atoms with Crippen LogP contribution < -0.4 is 10.6 Å². The number of anilines is 1. The number of phenols is 1. The SMILES string of the molecule is CC(=O)NCC(=O)Nc1ccc(O)c(F)c1. The lowest BCUT2D eigenvalue weighted by Gasteiger charge is -2.06. The molecule has 0 aliphatic heterocycles. The van der Waals surface area contributed by atoms with Gasteiger partial charge >= 0.3 is 0 Å². The summed E-state index contributed by atoms with van der Waals surface area (Å²) in [4.78, 5) is 21.7. The van der Waals surface area contributed by atoms with Crippen molar-refractivity contribution in [1.82, 2.24) is 5.32 Å². The number of halogens is 1. The predicted octanol–water partition coefficient (Wildman–Crippen LogP) is 0.606. The van der Waals surface area contributed by atoms with Crippen molar-refractivity contribution in [1.29, 1.82) is 0 Å². The largest absolute Gasteiger partial charge is 0.505 e. The third-order valence-corrected chi connectivity index (χ3v) is 1.73. The van der Waals surface area contributed by atoms with Crippen molar-refractivity contribution in [2.45, 2.75) is 6.92 Å². The molecule has 0 atom stereocenters. The van der Waals surface area contributed by atoms with Gasteiger partial charge in [0.2, 0.25) is 11.8 Å². The zero-order valence-electron chi connectivity index (χ0n) is 8.58. The lowest BCUT2D eigenvalue weighted by atomic mass is 10.3. The summed E-state index contributed by atoms with van der Waals surface area (Å²) in [5.41, 5.74) is 0.214. The number of hydrogen-bond donors (Lipinski definition) is 3. The van der Waals surface area contributed by atoms with Crippen molar-refractivity contribution in [3.8, 4) is 5.75 Å². The van der Waals surface area contributed by atoms with Gasteiger partial charge in [-0.3, -0.25) is 9.59 Å². The normalized spacial score (nSPS) is 9.62. The number of carbonyl (C=O) groups excluding carboxylic acids is 2. The van der Waals surface area contributed by atoms with Crippen LogP contribution in [-0.4, -0.2) is 23.5 Å². The summed E-state index contributed by atoms with van der Waals surface area (Å²) < 4.78 is 12.9. The Bertz CT molecular complexity index is 421. The number of aromatic hydroxyl groups is 1. The van der Waals surface area contributed by atoms with Crippen LogP contribution in [0.3, 0.4) is 0 Å². The molecule has 1 aromatic carbocycles. The van der Waals surface area contributed by atoms with Crippen molar-refractivity contribution in [2.24, 2.45) is 0 Å². The van der Waals surface area contributed by atoms with E-state index >= 15 is 0 Å². The standard InChI is InChI=1S/C10H11FN2O3/c1-6(14)12-5-10(16)13-7-2-3-9(15)8(11)4-7/h2-4,15H,5H2,1H3,(H,12,14)(H,13,16). The van der Waals surface area contributed by atoms with Crippen molar-refractivity contribution < 1.29 is 19.1 Å². The average Bonchev–Trinajstić information content (AvgIpc) is 2.21. The van der Waals surface area contributed by atoms with E-state index in [2.05, 4.69) is 10.6 Å². The number of amides is 2. The van der Waals surface area contributed by atoms with Crippen LogP contribution in [0.2, 0.25) is 0 Å². The molecule has 1 aromatic rings. The summed E-state index contributed by atoms with van der Waals surface area (Å²) in [6.45, 7) is 1.10. The van der Waals surface area contributed by atoms with Gasteiger partial charge in [0, 0.05) is 18.7 Å². The fourth-order valence-electron chi connectivity index (χ4n) is 0.995. The highest BCUT2D eigenvalue weighted by molar-refractivity contribution is 5.94. The zero-order chi connectivity index (χ0) is 12.1. The molecule has 0 unspecified atom stereocenters. The number of nitrogens with one attached hydrogen (secondary N) is 2. The second-order valence-electron chi connectivity index (χ2n) is 3.12. The highest BCUT2D eigenvalue weighted by Crippen LogP contribution is 2.18. The molecule has 0 fully saturated rings. The maximum absolute atomic E-state index is 12.9. The van der Waals surface area contributed by atoms with Crippen LogP contribution >= 0.6 is 0 Å². The molecule has 0 aliphatic carbocycles. The van der Waals surface area contributed by atoms with Crippen LogP contribution in [0.5, 0.6) is 5.75 Å². The molecule has 0 aliphatic rings. The monoisotopic (exact) mass is 226 g/mol. The first-order chi connectivity index (χ1) is 7.49. The average molecular weight is 226 g/mol. The Morgan fingerprint density at radius 1 is 1.44 bits per heavy atom. The lowest BCUT2D eigenvalue weighted by molar-refractivity contribution is -0.122. The van der Waals surface area contributed by atoms with E-state index < -0.39 is 17.5 Å². The maximum atomic E-state index is 12.9. The van der Waals surface area contributed by atoms with E-state index in [9.17, 15) is 14.0 Å². The molecule has 6 heteroatoms. The van der Waals surface area contributed by atoms with Crippen LogP contribution in [-0.2, 0) is 9.59 Å². The van der Waals surface area contributed by atoms with E-state index in [-0.39, 0.29) is 18.1 Å². The Morgan fingerprint density at radius 3 is 2.69 bits per heavy atom. The summed E-state index contributed by atoms with van der Waals surface area (Å²) >= 11 is 0. The Labute approximate surface area is 91.3 Å². The summed E-state index contributed by atoms with van der Waals surface area (Å²) in [7, 11) is 0. The van der Waals surface area contributed by atoms with E-state index in [1.165, 1.54) is 13.0 Å². The number of benzene rings is 1. The van der Waals surface area contributed by atoms with E-state index in [1.807, 2.05) is 0 Å². The van der Waals surface area contributed by atoms with Crippen LogP contribution in [0, 0.1) is 5.82 Å². The molecular formula is C10H11FN2O3. The van der Waals surface area contributed by atoms with Gasteiger partial charge in [0.25, 0.3) is 0 Å². The minimum absolute atomic E-state index is 0.183. The van der Waals surface area contributed by atoms with E-state index in [4.69, 9.17) is 5.11 Å². The van der Waals surface area contributed by atoms with Crippen LogP contribution in [0.25, 0.3) is 0 Å². The van der Waals surface area contributed by atoms with Gasteiger partial charge in [-0.25, -0.2) is 4.39 Å². The molecule has 1 rings (SSSR count). The third kappa shape index (κ3) is 3.56. The number of hydrogen-bond acceptors (Lipinski definition) is 3. The number of rotatable bonds is 3. The van der Waals surface area contributed by atoms with Gasteiger partial charge in [-0.2, -0.15) is 0 Å². The molecular weight excluding hydrogens is 215 g/mol. The Morgan fingerprint density at radius 2 is 2.12 bits per heavy atom. The topological polar surface area (TPSA) is 78.4 Å². The molecule has 86 valence electrons. The fourth-order valence-corrected chi connectivity index (χ4v) is 0.995. The van der Waals surface area contributed by atoms with Gasteiger partial charge in [0.05, 0.1) is 6.54 Å². The minimum Gasteiger partial charge on any atom is -0.505 e. The zero-order valence-corrected chi connectivity index (χ0v) is 8.58. The first-order valence-electron chi connectivity index (χ1n) is 4.52. The third-order valence-electron chi connectivity index (χ3n) is 1.73. The highest BCUT2D eigenvalue weighted by atomic mass is 19.1. The van der Waals surface area contributed by atoms with E-state index in [1.54, 1.807) is 0 Å². The summed E-state index contributed by atoms with van der Waals surface area (Å²) in [5.74, 6) is -2.11. The first kappa shape index (κ1) is 12.0. The predicted molar refractivity (Wildman–Crippen MR) is 55.4 cm³/mol. The number of phenolic OH excluding ortho intramolecular Hbond substituents is 1. The van der Waals surface area contributed by atoms with Gasteiger partial charge in [0.15, 0.2) is 11.6 Å². The fraction of sp³-hybridized carbons (Fsp3) is 0.200. The van der Waals surface area contributed by atoms with Crippen molar-refractivity contribution in [3.63, 3.8) is 0 Å². The van der Waals surface area contributed by atoms with Gasteiger partial charge in [-0.15, -0.1) is 0 Å². The van der Waals surface area contributed by atoms with Crippen molar-refractivity contribution in [3.05, 3.63) is 24.0 Å². The Balaban J connectivity index is 2.56. The van der Waals surface area contributed by atoms with E-state index in [0.717, 1.165) is 12.1 Å². The van der Waals surface area contributed by atoms with Crippen molar-refractivity contribution >= 4 is 17.5 Å². The van der Waals surface area contributed by atoms with Gasteiger partial charge in [-0.1, -0.05) is 0 Å². The smallest absolute Gasteiger partial charge is 0.243 e. The second kappa shape index (κ2) is 5.11. The van der Waals surface area contributed by atoms with E-state index in [0.29, 0.717) is 0 Å². The highest BCUT2D eigenvalue weighted by Gasteiger charge is 2.05. The molecule has 0 saturated carbocycles. The first-order valence-corrected chi connectivity index (χ1v) is 4.52.